The average Bonchev–Trinajstić information content (AvgIpc) is 3.18. The minimum absolute atomic E-state index is 0.0900. The van der Waals surface area contributed by atoms with Gasteiger partial charge >= 0.3 is 0 Å². The van der Waals surface area contributed by atoms with Crippen molar-refractivity contribution in [2.75, 3.05) is 7.05 Å². The van der Waals surface area contributed by atoms with Crippen LogP contribution in [0.3, 0.4) is 0 Å². The number of hydrogen-bond donors (Lipinski definition) is 0. The third-order valence-corrected chi connectivity index (χ3v) is 4.41. The van der Waals surface area contributed by atoms with Gasteiger partial charge in [0.25, 0.3) is 5.91 Å². The van der Waals surface area contributed by atoms with Crippen LogP contribution < -0.4 is 0 Å². The minimum Gasteiger partial charge on any atom is -0.336 e. The number of benzene rings is 3. The molecule has 0 spiro atoms. The number of aromatic nitrogens is 2. The van der Waals surface area contributed by atoms with Crippen LogP contribution in [-0.4, -0.2) is 27.6 Å². The molecule has 0 saturated carbocycles. The third-order valence-electron chi connectivity index (χ3n) is 4.41. The molecule has 0 unspecified atom stereocenters. The van der Waals surface area contributed by atoms with Crippen molar-refractivity contribution in [1.82, 2.24) is 14.7 Å². The summed E-state index contributed by atoms with van der Waals surface area (Å²) in [6.45, 7) is 0.544. The summed E-state index contributed by atoms with van der Waals surface area (Å²) in [5.41, 5.74) is 2.47. The Morgan fingerprint density at radius 1 is 0.923 bits per heavy atom. The summed E-state index contributed by atoms with van der Waals surface area (Å²) in [5.74, 6) is -0.0900. The Kier molecular flexibility index (Phi) is 4.23. The predicted octanol–water partition coefficient (Wildman–Crippen LogP) is 4.30. The normalized spacial score (nSPS) is 10.8. The first kappa shape index (κ1) is 16.1. The first-order chi connectivity index (χ1) is 12.7. The lowest BCUT2D eigenvalue weighted by Crippen LogP contribution is -2.26. The molecule has 0 radical (unpaired) electrons. The number of amides is 1. The quantitative estimate of drug-likeness (QED) is 0.555. The van der Waals surface area contributed by atoms with Crippen LogP contribution in [0.1, 0.15) is 16.1 Å². The van der Waals surface area contributed by atoms with Crippen molar-refractivity contribution in [3.05, 3.63) is 96.3 Å². The van der Waals surface area contributed by atoms with Crippen molar-refractivity contribution >= 4 is 16.7 Å². The van der Waals surface area contributed by atoms with Gasteiger partial charge in [-0.2, -0.15) is 5.10 Å². The van der Waals surface area contributed by atoms with Gasteiger partial charge in [0.05, 0.1) is 5.69 Å². The summed E-state index contributed by atoms with van der Waals surface area (Å²) in [7, 11) is 1.80. The van der Waals surface area contributed by atoms with Crippen molar-refractivity contribution in [3.8, 4) is 5.69 Å². The van der Waals surface area contributed by atoms with E-state index >= 15 is 0 Å². The Hall–Kier alpha value is -3.40. The zero-order valence-corrected chi connectivity index (χ0v) is 14.5. The lowest BCUT2D eigenvalue weighted by Gasteiger charge is -2.16. The smallest absolute Gasteiger partial charge is 0.274 e. The van der Waals surface area contributed by atoms with Gasteiger partial charge in [-0.1, -0.05) is 54.6 Å². The Bertz CT molecular complexity index is 1050. The van der Waals surface area contributed by atoms with Crippen molar-refractivity contribution in [2.24, 2.45) is 0 Å². The molecule has 4 nitrogen and oxygen atoms in total. The van der Waals surface area contributed by atoms with E-state index in [9.17, 15) is 4.79 Å². The predicted molar refractivity (Wildman–Crippen MR) is 103 cm³/mol. The summed E-state index contributed by atoms with van der Waals surface area (Å²) in [5, 5.41) is 6.80. The molecule has 0 aliphatic heterocycles. The number of carbonyl (C=O) groups is 1. The first-order valence-corrected chi connectivity index (χ1v) is 8.55. The molecular formula is C22H19N3O. The van der Waals surface area contributed by atoms with Gasteiger partial charge in [-0.25, -0.2) is 4.68 Å². The van der Waals surface area contributed by atoms with Gasteiger partial charge in [-0.3, -0.25) is 4.79 Å². The highest BCUT2D eigenvalue weighted by atomic mass is 16.2. The zero-order valence-electron chi connectivity index (χ0n) is 14.5. The van der Waals surface area contributed by atoms with Crippen LogP contribution in [0.5, 0.6) is 0 Å². The molecule has 1 heterocycles. The van der Waals surface area contributed by atoms with E-state index in [0.29, 0.717) is 12.2 Å². The fourth-order valence-electron chi connectivity index (χ4n) is 3.04. The van der Waals surface area contributed by atoms with Gasteiger partial charge < -0.3 is 4.90 Å². The van der Waals surface area contributed by atoms with E-state index in [1.807, 2.05) is 48.7 Å². The van der Waals surface area contributed by atoms with Gasteiger partial charge in [-0.15, -0.1) is 0 Å². The maximum Gasteiger partial charge on any atom is 0.274 e. The van der Waals surface area contributed by atoms with Crippen LogP contribution in [0.15, 0.2) is 85.1 Å². The van der Waals surface area contributed by atoms with Crippen LogP contribution >= 0.6 is 0 Å². The molecule has 0 atom stereocenters. The fraction of sp³-hybridized carbons (Fsp3) is 0.0909. The summed E-state index contributed by atoms with van der Waals surface area (Å²) >= 11 is 0. The monoisotopic (exact) mass is 341 g/mol. The van der Waals surface area contributed by atoms with Crippen molar-refractivity contribution < 1.29 is 4.79 Å². The maximum atomic E-state index is 12.7. The molecule has 0 bridgehead atoms. The second-order valence-corrected chi connectivity index (χ2v) is 6.32. The summed E-state index contributed by atoms with van der Waals surface area (Å²) in [6, 6.07) is 26.0. The average molecular weight is 341 g/mol. The topological polar surface area (TPSA) is 38.1 Å². The van der Waals surface area contributed by atoms with E-state index in [1.165, 1.54) is 10.8 Å². The standard InChI is InChI=1S/C22H19N3O/c1-24(16-17-11-12-18-7-5-6-8-19(18)15-17)22(26)21-13-14-25(23-21)20-9-3-2-4-10-20/h2-15H,16H2,1H3. The molecule has 0 N–H and O–H groups in total. The first-order valence-electron chi connectivity index (χ1n) is 8.55. The van der Waals surface area contributed by atoms with Crippen LogP contribution in [0, 0.1) is 0 Å². The number of fused-ring (bicyclic) bond motifs is 1. The van der Waals surface area contributed by atoms with Gasteiger partial charge in [-0.05, 0) is 40.6 Å². The molecule has 26 heavy (non-hydrogen) atoms. The van der Waals surface area contributed by atoms with E-state index in [2.05, 4.69) is 35.4 Å². The number of para-hydroxylation sites is 1. The summed E-state index contributed by atoms with van der Waals surface area (Å²) in [6.07, 6.45) is 1.81. The van der Waals surface area contributed by atoms with Crippen LogP contribution in [0.4, 0.5) is 0 Å². The summed E-state index contributed by atoms with van der Waals surface area (Å²) in [4.78, 5) is 14.4. The molecule has 3 aromatic carbocycles. The van der Waals surface area contributed by atoms with Gasteiger partial charge in [0.2, 0.25) is 0 Å². The van der Waals surface area contributed by atoms with E-state index in [4.69, 9.17) is 0 Å². The molecule has 0 saturated heterocycles. The highest BCUT2D eigenvalue weighted by Crippen LogP contribution is 2.17. The van der Waals surface area contributed by atoms with Crippen molar-refractivity contribution in [1.29, 1.82) is 0 Å². The lowest BCUT2D eigenvalue weighted by molar-refractivity contribution is 0.0779. The van der Waals surface area contributed by atoms with Gasteiger partial charge in [0, 0.05) is 19.8 Å². The molecular weight excluding hydrogens is 322 g/mol. The third kappa shape index (κ3) is 3.22. The molecule has 128 valence electrons. The molecule has 0 aliphatic carbocycles. The van der Waals surface area contributed by atoms with Crippen LogP contribution in [0.25, 0.3) is 16.5 Å². The molecule has 0 aliphatic rings. The van der Waals surface area contributed by atoms with Gasteiger partial charge in [0.1, 0.15) is 0 Å². The molecule has 4 rings (SSSR count). The highest BCUT2D eigenvalue weighted by Gasteiger charge is 2.15. The van der Waals surface area contributed by atoms with E-state index in [-0.39, 0.29) is 5.91 Å². The largest absolute Gasteiger partial charge is 0.336 e. The number of nitrogens with zero attached hydrogens (tertiary/aromatic N) is 3. The second-order valence-electron chi connectivity index (χ2n) is 6.32. The number of hydrogen-bond acceptors (Lipinski definition) is 2. The van der Waals surface area contributed by atoms with Crippen molar-refractivity contribution in [2.45, 2.75) is 6.54 Å². The van der Waals surface area contributed by atoms with E-state index in [1.54, 1.807) is 22.7 Å². The van der Waals surface area contributed by atoms with Crippen LogP contribution in [0.2, 0.25) is 0 Å². The van der Waals surface area contributed by atoms with E-state index < -0.39 is 0 Å². The van der Waals surface area contributed by atoms with Crippen molar-refractivity contribution in [3.63, 3.8) is 0 Å². The van der Waals surface area contributed by atoms with Crippen LogP contribution in [-0.2, 0) is 6.54 Å². The maximum absolute atomic E-state index is 12.7. The Labute approximate surface area is 152 Å². The fourth-order valence-corrected chi connectivity index (χ4v) is 3.04. The van der Waals surface area contributed by atoms with Gasteiger partial charge in [0.15, 0.2) is 5.69 Å². The van der Waals surface area contributed by atoms with E-state index in [0.717, 1.165) is 11.3 Å². The molecule has 1 aromatic heterocycles. The minimum atomic E-state index is -0.0900. The molecule has 1 amide bonds. The Morgan fingerprint density at radius 3 is 2.46 bits per heavy atom. The summed E-state index contributed by atoms with van der Waals surface area (Å²) < 4.78 is 1.72. The number of rotatable bonds is 4. The Morgan fingerprint density at radius 2 is 1.65 bits per heavy atom. The zero-order chi connectivity index (χ0) is 17.9. The second kappa shape index (κ2) is 6.84. The molecule has 4 aromatic rings. The SMILES string of the molecule is CN(Cc1ccc2ccccc2c1)C(=O)c1ccn(-c2ccccc2)n1. The molecule has 0 fully saturated rings. The number of carbonyl (C=O) groups excluding carboxylic acids is 1. The highest BCUT2D eigenvalue weighted by molar-refractivity contribution is 5.92. The molecule has 4 heteroatoms. The Balaban J connectivity index is 1.51. The lowest BCUT2D eigenvalue weighted by atomic mass is 10.1.